The molecule has 0 fully saturated rings. The van der Waals surface area contributed by atoms with Gasteiger partial charge in [0.1, 0.15) is 0 Å². The van der Waals surface area contributed by atoms with Crippen LogP contribution >= 0.6 is 30.6 Å². The minimum Gasteiger partial charge on any atom is -0.461 e. The number of hydrogen-bond acceptors (Lipinski definition) is 6. The molecule has 0 aliphatic rings. The van der Waals surface area contributed by atoms with Crippen LogP contribution in [0.4, 0.5) is 0 Å². The van der Waals surface area contributed by atoms with E-state index in [9.17, 15) is 17.8 Å². The van der Waals surface area contributed by atoms with Crippen LogP contribution in [-0.4, -0.2) is 31.6 Å². The molecular formula is C25H22Cl2NO6PS. The minimum atomic E-state index is -4.36. The highest BCUT2D eigenvalue weighted by atomic mass is 35.5. The van der Waals surface area contributed by atoms with Gasteiger partial charge in [-0.1, -0.05) is 53.5 Å². The van der Waals surface area contributed by atoms with Gasteiger partial charge in [-0.25, -0.2) is 17.2 Å². The summed E-state index contributed by atoms with van der Waals surface area (Å²) in [6.45, 7) is 3.17. The molecular weight excluding hydrogens is 544 g/mol. The molecule has 4 aromatic rings. The van der Waals surface area contributed by atoms with E-state index >= 15 is 0 Å². The fraction of sp³-hybridized carbons (Fsp3) is 0.160. The Morgan fingerprint density at radius 3 is 2.25 bits per heavy atom. The normalized spacial score (nSPS) is 13.4. The molecule has 7 nitrogen and oxygen atoms in total. The van der Waals surface area contributed by atoms with Gasteiger partial charge in [0.25, 0.3) is 17.4 Å². The Morgan fingerprint density at radius 1 is 0.944 bits per heavy atom. The number of aromatic nitrogens is 1. The fourth-order valence-electron chi connectivity index (χ4n) is 3.97. The van der Waals surface area contributed by atoms with Gasteiger partial charge in [-0.05, 0) is 56.3 Å². The molecule has 188 valence electrons. The Kier molecular flexibility index (Phi) is 7.64. The standard InChI is InChI=1S/C25H22Cl2NO6PS/c1-3-33-25(29)23-24(35(30,34-4-2)22-13-9-8-12-20(22)27)19-16-17(26)14-15-21(19)28(23)36(31,32)18-10-6-5-7-11-18/h5-16H,3-4H2,1-2H3. The van der Waals surface area contributed by atoms with E-state index in [-0.39, 0.29) is 49.7 Å². The van der Waals surface area contributed by atoms with E-state index in [2.05, 4.69) is 0 Å². The van der Waals surface area contributed by atoms with Gasteiger partial charge in [0.2, 0.25) is 0 Å². The third kappa shape index (κ3) is 4.49. The highest BCUT2D eigenvalue weighted by molar-refractivity contribution is 7.90. The zero-order valence-electron chi connectivity index (χ0n) is 19.4. The van der Waals surface area contributed by atoms with E-state index in [1.54, 1.807) is 50.2 Å². The van der Waals surface area contributed by atoms with Crippen LogP contribution in [0.15, 0.2) is 77.7 Å². The molecule has 0 aliphatic heterocycles. The van der Waals surface area contributed by atoms with Crippen molar-refractivity contribution in [3.05, 3.63) is 88.5 Å². The highest BCUT2D eigenvalue weighted by Crippen LogP contribution is 2.50. The number of esters is 1. The Hall–Kier alpha value is -2.61. The minimum absolute atomic E-state index is 0.0105. The van der Waals surface area contributed by atoms with Gasteiger partial charge in [-0.15, -0.1) is 0 Å². The third-order valence-corrected chi connectivity index (χ3v) is 10.5. The molecule has 0 bridgehead atoms. The van der Waals surface area contributed by atoms with Crippen molar-refractivity contribution < 1.29 is 27.0 Å². The SMILES string of the molecule is CCOC(=O)c1c(P(=O)(OCC)c2ccccc2Cl)c2cc(Cl)ccc2n1S(=O)(=O)c1ccccc1. The molecule has 1 aromatic heterocycles. The van der Waals surface area contributed by atoms with Crippen molar-refractivity contribution in [3.63, 3.8) is 0 Å². The number of fused-ring (bicyclic) bond motifs is 1. The van der Waals surface area contributed by atoms with Gasteiger partial charge in [0.05, 0.1) is 39.3 Å². The summed E-state index contributed by atoms with van der Waals surface area (Å²) < 4.78 is 54.6. The smallest absolute Gasteiger partial charge is 0.356 e. The van der Waals surface area contributed by atoms with E-state index in [1.807, 2.05) is 0 Å². The van der Waals surface area contributed by atoms with Crippen molar-refractivity contribution >= 4 is 68.1 Å². The van der Waals surface area contributed by atoms with Crippen LogP contribution < -0.4 is 10.6 Å². The molecule has 0 N–H and O–H groups in total. The second-order valence-corrected chi connectivity index (χ2v) is 12.5. The zero-order valence-corrected chi connectivity index (χ0v) is 22.6. The van der Waals surface area contributed by atoms with Gasteiger partial charge in [0.15, 0.2) is 5.69 Å². The molecule has 0 aliphatic carbocycles. The Balaban J connectivity index is 2.24. The van der Waals surface area contributed by atoms with E-state index in [1.165, 1.54) is 36.4 Å². The molecule has 1 atom stereocenters. The maximum Gasteiger partial charge on any atom is 0.356 e. The van der Waals surface area contributed by atoms with Crippen LogP contribution in [0.5, 0.6) is 0 Å². The molecule has 36 heavy (non-hydrogen) atoms. The summed E-state index contributed by atoms with van der Waals surface area (Å²) in [5.74, 6) is -0.980. The number of halogens is 2. The lowest BCUT2D eigenvalue weighted by molar-refractivity contribution is 0.0520. The lowest BCUT2D eigenvalue weighted by Crippen LogP contribution is -2.28. The summed E-state index contributed by atoms with van der Waals surface area (Å²) in [5, 5.41) is 0.526. The Bertz CT molecular complexity index is 1600. The molecule has 0 saturated carbocycles. The van der Waals surface area contributed by atoms with E-state index in [0.29, 0.717) is 0 Å². The fourth-order valence-corrected chi connectivity index (χ4v) is 8.69. The first-order valence-corrected chi connectivity index (χ1v) is 14.8. The average molecular weight is 566 g/mol. The molecule has 1 heterocycles. The number of hydrogen-bond donors (Lipinski definition) is 0. The van der Waals surface area contributed by atoms with Gasteiger partial charge >= 0.3 is 5.97 Å². The van der Waals surface area contributed by atoms with Crippen LogP contribution in [0.3, 0.4) is 0 Å². The molecule has 0 spiro atoms. The second-order valence-electron chi connectivity index (χ2n) is 7.58. The first kappa shape index (κ1) is 26.5. The van der Waals surface area contributed by atoms with Crippen molar-refractivity contribution in [1.29, 1.82) is 0 Å². The average Bonchev–Trinajstić information content (AvgIpc) is 3.21. The topological polar surface area (TPSA) is 91.7 Å². The summed E-state index contributed by atoms with van der Waals surface area (Å²) in [6, 6.07) is 18.4. The maximum atomic E-state index is 14.8. The van der Waals surface area contributed by atoms with E-state index in [4.69, 9.17) is 32.5 Å². The van der Waals surface area contributed by atoms with Gasteiger partial charge in [-0.2, -0.15) is 0 Å². The Labute approximate surface area is 219 Å². The summed E-state index contributed by atoms with van der Waals surface area (Å²) in [4.78, 5) is 13.4. The first-order chi connectivity index (χ1) is 17.2. The van der Waals surface area contributed by atoms with Crippen LogP contribution in [0.25, 0.3) is 10.9 Å². The quantitative estimate of drug-likeness (QED) is 0.203. The summed E-state index contributed by atoms with van der Waals surface area (Å²) in [7, 11) is -8.52. The van der Waals surface area contributed by atoms with Crippen LogP contribution in [0, 0.1) is 0 Å². The van der Waals surface area contributed by atoms with Crippen molar-refractivity contribution in [3.8, 4) is 0 Å². The molecule has 3 aromatic carbocycles. The lowest BCUT2D eigenvalue weighted by Gasteiger charge is -2.21. The number of nitrogens with zero attached hydrogens (tertiary/aromatic N) is 1. The largest absolute Gasteiger partial charge is 0.461 e. The number of carbonyl (C=O) groups is 1. The van der Waals surface area contributed by atoms with Gasteiger partial charge in [-0.3, -0.25) is 4.57 Å². The molecule has 11 heteroatoms. The predicted molar refractivity (Wildman–Crippen MR) is 142 cm³/mol. The molecule has 1 unspecified atom stereocenters. The second kappa shape index (κ2) is 10.4. The molecule has 0 amide bonds. The molecule has 0 saturated heterocycles. The Morgan fingerprint density at radius 2 is 1.61 bits per heavy atom. The lowest BCUT2D eigenvalue weighted by atomic mass is 10.2. The predicted octanol–water partition coefficient (Wildman–Crippen LogP) is 5.63. The van der Waals surface area contributed by atoms with Crippen LogP contribution in [-0.2, 0) is 23.8 Å². The van der Waals surface area contributed by atoms with Crippen LogP contribution in [0.1, 0.15) is 24.3 Å². The number of rotatable bonds is 8. The number of benzene rings is 3. The van der Waals surface area contributed by atoms with Gasteiger partial charge in [0, 0.05) is 10.4 Å². The van der Waals surface area contributed by atoms with Crippen molar-refractivity contribution in [2.24, 2.45) is 0 Å². The highest BCUT2D eigenvalue weighted by Gasteiger charge is 2.42. The molecule has 4 rings (SSSR count). The third-order valence-electron chi connectivity index (χ3n) is 5.38. The number of ether oxygens (including phenoxy) is 1. The number of carbonyl (C=O) groups excluding carboxylic acids is 1. The van der Waals surface area contributed by atoms with E-state index < -0.39 is 29.1 Å². The van der Waals surface area contributed by atoms with Gasteiger partial charge < -0.3 is 9.26 Å². The first-order valence-electron chi connectivity index (χ1n) is 11.0. The van der Waals surface area contributed by atoms with Crippen LogP contribution in [0.2, 0.25) is 10.0 Å². The van der Waals surface area contributed by atoms with Crippen molar-refractivity contribution in [2.75, 3.05) is 13.2 Å². The maximum absolute atomic E-state index is 14.8. The van der Waals surface area contributed by atoms with E-state index in [0.717, 1.165) is 3.97 Å². The summed E-state index contributed by atoms with van der Waals surface area (Å²) in [6.07, 6.45) is 0. The van der Waals surface area contributed by atoms with Crippen molar-refractivity contribution in [1.82, 2.24) is 3.97 Å². The molecule has 0 radical (unpaired) electrons. The summed E-state index contributed by atoms with van der Waals surface area (Å²) in [5.41, 5.74) is -0.344. The summed E-state index contributed by atoms with van der Waals surface area (Å²) >= 11 is 12.7. The van der Waals surface area contributed by atoms with Crippen molar-refractivity contribution in [2.45, 2.75) is 18.7 Å². The monoisotopic (exact) mass is 565 g/mol. The zero-order chi connectivity index (χ0) is 26.1.